The predicted octanol–water partition coefficient (Wildman–Crippen LogP) is 3.28. The van der Waals surface area contributed by atoms with E-state index in [1.165, 1.54) is 37.9 Å². The van der Waals surface area contributed by atoms with E-state index in [9.17, 15) is 0 Å². The van der Waals surface area contributed by atoms with Crippen molar-refractivity contribution in [3.05, 3.63) is 23.7 Å². The second-order valence-electron chi connectivity index (χ2n) is 6.26. The summed E-state index contributed by atoms with van der Waals surface area (Å²) in [6.07, 6.45) is 6.59. The minimum atomic E-state index is 0.279. The van der Waals surface area contributed by atoms with E-state index in [0.29, 0.717) is 12.5 Å². The highest BCUT2D eigenvalue weighted by atomic mass is 16.3. The van der Waals surface area contributed by atoms with Crippen molar-refractivity contribution in [1.29, 1.82) is 0 Å². The number of nitrogens with zero attached hydrogens (tertiary/aromatic N) is 1. The minimum absolute atomic E-state index is 0.279. The molecule has 0 radical (unpaired) electrons. The van der Waals surface area contributed by atoms with Crippen LogP contribution in [0.2, 0.25) is 0 Å². The van der Waals surface area contributed by atoms with Gasteiger partial charge in [0.05, 0.1) is 6.04 Å². The van der Waals surface area contributed by atoms with Gasteiger partial charge < -0.3 is 10.2 Å². The van der Waals surface area contributed by atoms with E-state index in [1.807, 2.05) is 0 Å². The highest BCUT2D eigenvalue weighted by molar-refractivity contribution is 5.19. The van der Waals surface area contributed by atoms with E-state index >= 15 is 0 Å². The molecule has 0 amide bonds. The van der Waals surface area contributed by atoms with E-state index in [1.54, 1.807) is 0 Å². The van der Waals surface area contributed by atoms with E-state index in [2.05, 4.69) is 24.0 Å². The topological polar surface area (TPSA) is 42.4 Å². The Kier molecular flexibility index (Phi) is 3.94. The molecule has 0 spiro atoms. The maximum Gasteiger partial charge on any atom is 0.122 e. The molecule has 106 valence electrons. The van der Waals surface area contributed by atoms with Gasteiger partial charge in [0.2, 0.25) is 0 Å². The first-order valence-corrected chi connectivity index (χ1v) is 7.83. The van der Waals surface area contributed by atoms with Gasteiger partial charge in [-0.25, -0.2) is 0 Å². The molecule has 1 aromatic rings. The molecule has 1 aromatic heterocycles. The number of likely N-dealkylation sites (tertiary alicyclic amines) is 1. The molecule has 2 N–H and O–H groups in total. The Morgan fingerprint density at radius 1 is 1.26 bits per heavy atom. The zero-order chi connectivity index (χ0) is 13.2. The van der Waals surface area contributed by atoms with Crippen LogP contribution < -0.4 is 5.73 Å². The van der Waals surface area contributed by atoms with E-state index in [-0.39, 0.29) is 6.04 Å². The number of rotatable bonds is 4. The lowest BCUT2D eigenvalue weighted by atomic mass is 10.2. The molecule has 0 aromatic carbocycles. The summed E-state index contributed by atoms with van der Waals surface area (Å²) in [5.74, 6) is 3.72. The standard InChI is InChI=1S/C16H26N2O/c1-12-10-13(12)15-6-7-16(19-15)14(11-17)18-8-4-2-3-5-9-18/h6-7,12-14H,2-5,8-11,17H2,1H3. The molecule has 0 bridgehead atoms. The molecule has 3 nitrogen and oxygen atoms in total. The fourth-order valence-corrected chi connectivity index (χ4v) is 3.32. The van der Waals surface area contributed by atoms with Crippen LogP contribution in [0.1, 0.15) is 62.5 Å². The fourth-order valence-electron chi connectivity index (χ4n) is 3.32. The van der Waals surface area contributed by atoms with Crippen molar-refractivity contribution in [2.75, 3.05) is 19.6 Å². The van der Waals surface area contributed by atoms with E-state index in [0.717, 1.165) is 24.8 Å². The Balaban J connectivity index is 1.71. The monoisotopic (exact) mass is 262 g/mol. The van der Waals surface area contributed by atoms with E-state index < -0.39 is 0 Å². The number of hydrogen-bond acceptors (Lipinski definition) is 3. The summed E-state index contributed by atoms with van der Waals surface area (Å²) in [4.78, 5) is 2.52. The molecule has 19 heavy (non-hydrogen) atoms. The van der Waals surface area contributed by atoms with Gasteiger partial charge in [-0.1, -0.05) is 19.8 Å². The zero-order valence-electron chi connectivity index (χ0n) is 12.0. The maximum atomic E-state index is 6.10. The average molecular weight is 262 g/mol. The van der Waals surface area contributed by atoms with Crippen LogP contribution >= 0.6 is 0 Å². The number of nitrogens with two attached hydrogens (primary N) is 1. The van der Waals surface area contributed by atoms with Crippen molar-refractivity contribution in [2.24, 2.45) is 11.7 Å². The minimum Gasteiger partial charge on any atom is -0.464 e. The summed E-state index contributed by atoms with van der Waals surface area (Å²) < 4.78 is 6.10. The molecule has 2 heterocycles. The van der Waals surface area contributed by atoms with Crippen LogP contribution in [-0.2, 0) is 0 Å². The Bertz CT molecular complexity index is 407. The summed E-state index contributed by atoms with van der Waals surface area (Å²) in [7, 11) is 0. The molecule has 3 atom stereocenters. The molecule has 3 unspecified atom stereocenters. The largest absolute Gasteiger partial charge is 0.464 e. The second-order valence-corrected chi connectivity index (χ2v) is 6.26. The molecule has 1 aliphatic heterocycles. The summed E-state index contributed by atoms with van der Waals surface area (Å²) >= 11 is 0. The summed E-state index contributed by atoms with van der Waals surface area (Å²) in [6, 6.07) is 4.60. The Hall–Kier alpha value is -0.800. The van der Waals surface area contributed by atoms with Crippen LogP contribution in [-0.4, -0.2) is 24.5 Å². The second kappa shape index (κ2) is 5.68. The van der Waals surface area contributed by atoms with Crippen molar-refractivity contribution in [3.63, 3.8) is 0 Å². The average Bonchev–Trinajstić information content (AvgIpc) is 3.05. The summed E-state index contributed by atoms with van der Waals surface area (Å²) in [5, 5.41) is 0. The van der Waals surface area contributed by atoms with Crippen LogP contribution in [0.25, 0.3) is 0 Å². The molecule has 1 saturated heterocycles. The first kappa shape index (κ1) is 13.2. The molecule has 3 heteroatoms. The van der Waals surface area contributed by atoms with Crippen molar-refractivity contribution < 1.29 is 4.42 Å². The molecule has 3 rings (SSSR count). The van der Waals surface area contributed by atoms with Gasteiger partial charge in [-0.05, 0) is 50.4 Å². The highest BCUT2D eigenvalue weighted by Gasteiger charge is 2.37. The maximum absolute atomic E-state index is 6.10. The van der Waals surface area contributed by atoms with E-state index in [4.69, 9.17) is 10.2 Å². The van der Waals surface area contributed by atoms with Crippen molar-refractivity contribution in [2.45, 2.75) is 51.0 Å². The molecule has 1 aliphatic carbocycles. The number of hydrogen-bond donors (Lipinski definition) is 1. The lowest BCUT2D eigenvalue weighted by molar-refractivity contribution is 0.184. The lowest BCUT2D eigenvalue weighted by Crippen LogP contribution is -2.34. The number of furan rings is 1. The van der Waals surface area contributed by atoms with Crippen LogP contribution in [0, 0.1) is 5.92 Å². The van der Waals surface area contributed by atoms with Gasteiger partial charge in [0, 0.05) is 12.5 Å². The van der Waals surface area contributed by atoms with Crippen molar-refractivity contribution in [1.82, 2.24) is 4.90 Å². The van der Waals surface area contributed by atoms with Crippen LogP contribution in [0.3, 0.4) is 0 Å². The van der Waals surface area contributed by atoms with Gasteiger partial charge >= 0.3 is 0 Å². The zero-order valence-corrected chi connectivity index (χ0v) is 12.0. The van der Waals surface area contributed by atoms with Gasteiger partial charge in [0.15, 0.2) is 0 Å². The molecule has 2 aliphatic rings. The molecular formula is C16H26N2O. The molecular weight excluding hydrogens is 236 g/mol. The Morgan fingerprint density at radius 2 is 1.95 bits per heavy atom. The van der Waals surface area contributed by atoms with Gasteiger partial charge in [-0.2, -0.15) is 0 Å². The molecule has 2 fully saturated rings. The SMILES string of the molecule is CC1CC1c1ccc(C(CN)N2CCCCCC2)o1. The quantitative estimate of drug-likeness (QED) is 0.905. The Morgan fingerprint density at radius 3 is 2.53 bits per heavy atom. The van der Waals surface area contributed by atoms with Gasteiger partial charge in [-0.15, -0.1) is 0 Å². The van der Waals surface area contributed by atoms with Crippen molar-refractivity contribution >= 4 is 0 Å². The third-order valence-electron chi connectivity index (χ3n) is 4.76. The van der Waals surface area contributed by atoms with Crippen LogP contribution in [0.4, 0.5) is 0 Å². The Labute approximate surface area is 116 Å². The fraction of sp³-hybridized carbons (Fsp3) is 0.750. The normalized spacial score (nSPS) is 30.0. The van der Waals surface area contributed by atoms with Gasteiger partial charge in [0.25, 0.3) is 0 Å². The summed E-state index contributed by atoms with van der Waals surface area (Å²) in [5.41, 5.74) is 6.01. The van der Waals surface area contributed by atoms with Gasteiger partial charge in [0.1, 0.15) is 11.5 Å². The lowest BCUT2D eigenvalue weighted by Gasteiger charge is -2.28. The van der Waals surface area contributed by atoms with Crippen LogP contribution in [0.15, 0.2) is 16.5 Å². The van der Waals surface area contributed by atoms with Gasteiger partial charge in [-0.3, -0.25) is 4.90 Å². The molecule has 1 saturated carbocycles. The smallest absolute Gasteiger partial charge is 0.122 e. The summed E-state index contributed by atoms with van der Waals surface area (Å²) in [6.45, 7) is 5.28. The third kappa shape index (κ3) is 2.87. The van der Waals surface area contributed by atoms with Crippen LogP contribution in [0.5, 0.6) is 0 Å². The predicted molar refractivity (Wildman–Crippen MR) is 77.1 cm³/mol. The highest BCUT2D eigenvalue weighted by Crippen LogP contribution is 2.47. The van der Waals surface area contributed by atoms with Crippen molar-refractivity contribution in [3.8, 4) is 0 Å². The third-order valence-corrected chi connectivity index (χ3v) is 4.76. The first-order chi connectivity index (χ1) is 9.29. The first-order valence-electron chi connectivity index (χ1n) is 7.83.